The molecule has 0 aromatic heterocycles. The Morgan fingerprint density at radius 1 is 1.08 bits per heavy atom. The van der Waals surface area contributed by atoms with E-state index < -0.39 is 63.7 Å². The third kappa shape index (κ3) is 8.34. The van der Waals surface area contributed by atoms with Gasteiger partial charge in [0.15, 0.2) is 0 Å². The van der Waals surface area contributed by atoms with E-state index in [1.807, 2.05) is 0 Å². The molecule has 4 saturated carbocycles. The molecule has 0 radical (unpaired) electrons. The third-order valence-electron chi connectivity index (χ3n) is 13.4. The average molecular weight is 805 g/mol. The van der Waals surface area contributed by atoms with Crippen LogP contribution in [0.15, 0.2) is 0 Å². The number of amides is 1. The van der Waals surface area contributed by atoms with E-state index >= 15 is 0 Å². The number of aliphatic hydroxyl groups is 4. The number of ether oxygens (including phenoxy) is 2. The second kappa shape index (κ2) is 16.4. The van der Waals surface area contributed by atoms with Crippen molar-refractivity contribution in [2.24, 2.45) is 46.3 Å². The van der Waals surface area contributed by atoms with Crippen LogP contribution in [0.5, 0.6) is 0 Å². The fourth-order valence-corrected chi connectivity index (χ4v) is 12.7. The summed E-state index contributed by atoms with van der Waals surface area (Å²) in [5.74, 6) is 0.425. The van der Waals surface area contributed by atoms with Gasteiger partial charge in [0, 0.05) is 19.9 Å². The Morgan fingerprint density at radius 2 is 1.78 bits per heavy atom. The normalized spacial score (nSPS) is 44.9. The second-order valence-corrected chi connectivity index (χ2v) is 18.8. The van der Waals surface area contributed by atoms with E-state index in [0.29, 0.717) is 30.1 Å². The van der Waals surface area contributed by atoms with Gasteiger partial charge in [0.25, 0.3) is 14.8 Å². The Labute approximate surface area is 326 Å². The Bertz CT molecular complexity index is 1330. The van der Waals surface area contributed by atoms with E-state index in [2.05, 4.69) is 42.0 Å². The van der Waals surface area contributed by atoms with E-state index in [-0.39, 0.29) is 77.2 Å². The van der Waals surface area contributed by atoms with Crippen LogP contribution in [0.1, 0.15) is 91.9 Å². The molecule has 1 aliphatic heterocycles. The van der Waals surface area contributed by atoms with Crippen LogP contribution in [0.2, 0.25) is 0 Å². The smallest absolute Gasteiger partial charge is 0.848 e. The first-order valence-corrected chi connectivity index (χ1v) is 20.3. The summed E-state index contributed by atoms with van der Waals surface area (Å²) in [5.41, 5.74) is -0.0703. The number of nitrogens with one attached hydrogen (secondary N) is 1. The number of rotatable bonds is 11. The van der Waals surface area contributed by atoms with Crippen LogP contribution in [0, 0.1) is 46.3 Å². The molecule has 282 valence electrons. The van der Waals surface area contributed by atoms with Gasteiger partial charge in [-0.05, 0) is 120 Å². The molecular weight excluding hydrogens is 749 g/mol. The number of fused-ring (bicyclic) bond motifs is 5. The molecule has 4 unspecified atom stereocenters. The standard InChI is InChI=1S/C34H55BrNO12S.Na/c1-18(23-8-9-24-22-7-6-20-15-21(39)11-12-32(20,3)25(22)16-27(40)33(23,24)4)5-10-28(41)36-13-14-49(44,45)48-31-30(43)29(42)26(17-37)47-34(31,35)46-19(2)38;/h18,20-27,29-31,37,39-40,42H,5-17H2,1-4H3,(H,36,41);/q-1;+1/t18-,20?,21-,22?,23-,24?,25?,26-,27+,29-,30+,31-,32+,33-,34-;/m1./s1. The fraction of sp³-hybridized carbons (Fsp3) is 0.941. The molecule has 4 aliphatic carbocycles. The molecule has 5 fully saturated rings. The van der Waals surface area contributed by atoms with Crippen molar-refractivity contribution in [3.05, 3.63) is 0 Å². The minimum Gasteiger partial charge on any atom is -0.848 e. The van der Waals surface area contributed by atoms with E-state index in [0.717, 1.165) is 58.3 Å². The molecule has 5 aliphatic rings. The van der Waals surface area contributed by atoms with Gasteiger partial charge in [-0.15, -0.1) is 0 Å². The SMILES string of the molecule is CC(=O)O[C@@]1(Br)O[C@H](CO)[C@@H](O)[C@H]([O-])[C@H]1OS(=O)(=O)CCNC(=O)CC[C@@H](C)[C@H]1CCC2C3CCC4C[C@H](O)CC[C@]4(C)C3C[C@H](O)[C@@]21C.[Na+]. The molecule has 1 saturated heterocycles. The van der Waals surface area contributed by atoms with Crippen molar-refractivity contribution in [1.82, 2.24) is 5.32 Å². The van der Waals surface area contributed by atoms with E-state index in [1.165, 1.54) is 0 Å². The summed E-state index contributed by atoms with van der Waals surface area (Å²) in [6.45, 7) is 6.70. The van der Waals surface area contributed by atoms with Crippen molar-refractivity contribution in [1.29, 1.82) is 0 Å². The Balaban J connectivity index is 0.00000562. The van der Waals surface area contributed by atoms with Crippen LogP contribution >= 0.6 is 15.9 Å². The molecule has 5 N–H and O–H groups in total. The molecule has 1 amide bonds. The van der Waals surface area contributed by atoms with Crippen molar-refractivity contribution in [2.45, 2.75) is 133 Å². The molecule has 0 aromatic rings. The largest absolute Gasteiger partial charge is 1.00 e. The molecule has 50 heavy (non-hydrogen) atoms. The quantitative estimate of drug-likeness (QED) is 0.0687. The molecular formula is C34H55BrNNaO12S. The van der Waals surface area contributed by atoms with Gasteiger partial charge < -0.3 is 40.3 Å². The first-order chi connectivity index (χ1) is 22.9. The minimum atomic E-state index is -4.49. The van der Waals surface area contributed by atoms with Gasteiger partial charge in [0.2, 0.25) is 5.91 Å². The zero-order valence-electron chi connectivity index (χ0n) is 30.0. The maximum Gasteiger partial charge on any atom is 1.00 e. The molecule has 0 aromatic carbocycles. The van der Waals surface area contributed by atoms with Crippen molar-refractivity contribution >= 4 is 37.9 Å². The molecule has 5 rings (SSSR count). The van der Waals surface area contributed by atoms with Gasteiger partial charge in [0.1, 0.15) is 12.2 Å². The van der Waals surface area contributed by atoms with Gasteiger partial charge in [-0.1, -0.05) is 26.9 Å². The van der Waals surface area contributed by atoms with E-state index in [4.69, 9.17) is 13.7 Å². The number of esters is 1. The molecule has 15 atom stereocenters. The summed E-state index contributed by atoms with van der Waals surface area (Å²) < 4.78 is 38.6. The number of carbonyl (C=O) groups is 2. The van der Waals surface area contributed by atoms with E-state index in [1.54, 1.807) is 0 Å². The average Bonchev–Trinajstić information content (AvgIpc) is 3.39. The number of aliphatic hydroxyl groups excluding tert-OH is 4. The molecule has 0 bridgehead atoms. The zero-order valence-corrected chi connectivity index (χ0v) is 34.4. The van der Waals surface area contributed by atoms with Gasteiger partial charge in [-0.3, -0.25) is 13.8 Å². The number of alkyl halides is 1. The monoisotopic (exact) mass is 803 g/mol. The Morgan fingerprint density at radius 3 is 2.44 bits per heavy atom. The molecule has 0 spiro atoms. The second-order valence-electron chi connectivity index (χ2n) is 16.0. The van der Waals surface area contributed by atoms with Gasteiger partial charge >= 0.3 is 35.5 Å². The maximum absolute atomic E-state index is 12.8. The topological polar surface area (TPSA) is 212 Å². The summed E-state index contributed by atoms with van der Waals surface area (Å²) in [7, 11) is -4.49. The first kappa shape index (κ1) is 42.8. The van der Waals surface area contributed by atoms with Crippen LogP contribution in [0.3, 0.4) is 0 Å². The Kier molecular flexibility index (Phi) is 14.1. The number of hydrogen-bond acceptors (Lipinski definition) is 12. The number of hydrogen-bond donors (Lipinski definition) is 5. The zero-order chi connectivity index (χ0) is 36.1. The number of carbonyl (C=O) groups excluding carboxylic acids is 2. The Hall–Kier alpha value is 0.0900. The predicted octanol–water partition coefficient (Wildman–Crippen LogP) is -1.68. The first-order valence-electron chi connectivity index (χ1n) is 17.9. The van der Waals surface area contributed by atoms with Crippen LogP contribution in [0.4, 0.5) is 0 Å². The van der Waals surface area contributed by atoms with E-state index in [9.17, 15) is 43.5 Å². The predicted molar refractivity (Wildman–Crippen MR) is 178 cm³/mol. The fourth-order valence-electron chi connectivity index (χ4n) is 10.8. The summed E-state index contributed by atoms with van der Waals surface area (Å²) >= 11 is 2.91. The summed E-state index contributed by atoms with van der Waals surface area (Å²) in [6, 6.07) is 0. The van der Waals surface area contributed by atoms with Crippen molar-refractivity contribution in [3.8, 4) is 0 Å². The molecule has 1 heterocycles. The summed E-state index contributed by atoms with van der Waals surface area (Å²) in [5, 5.41) is 57.2. The van der Waals surface area contributed by atoms with Crippen LogP contribution in [-0.4, -0.2) is 101 Å². The van der Waals surface area contributed by atoms with Gasteiger partial charge in [-0.25, -0.2) is 0 Å². The van der Waals surface area contributed by atoms with Crippen LogP contribution in [-0.2, 0) is 33.4 Å². The van der Waals surface area contributed by atoms with Gasteiger partial charge in [-0.2, -0.15) is 8.42 Å². The van der Waals surface area contributed by atoms with Crippen molar-refractivity contribution in [2.75, 3.05) is 18.9 Å². The van der Waals surface area contributed by atoms with Crippen LogP contribution < -0.4 is 40.0 Å². The summed E-state index contributed by atoms with van der Waals surface area (Å²) in [4.78, 5) is 24.5. The maximum atomic E-state index is 12.8. The number of halogens is 1. The van der Waals surface area contributed by atoms with Gasteiger partial charge in [0.05, 0.1) is 30.7 Å². The minimum absolute atomic E-state index is 0. The molecule has 13 nitrogen and oxygen atoms in total. The molecule has 16 heteroatoms. The van der Waals surface area contributed by atoms with Crippen LogP contribution in [0.25, 0.3) is 0 Å². The van der Waals surface area contributed by atoms with Crippen molar-refractivity contribution in [3.63, 3.8) is 0 Å². The summed E-state index contributed by atoms with van der Waals surface area (Å²) in [6.07, 6.45) is 0.502. The van der Waals surface area contributed by atoms with Crippen molar-refractivity contribution < 1.29 is 86.8 Å². The third-order valence-corrected chi connectivity index (χ3v) is 15.4.